The second-order valence-corrected chi connectivity index (χ2v) is 6.40. The Labute approximate surface area is 131 Å². The molecule has 2 aliphatic rings. The highest BCUT2D eigenvalue weighted by Gasteiger charge is 2.58. The Bertz CT molecular complexity index is 534. The first-order valence-corrected chi connectivity index (χ1v) is 8.29. The van der Waals surface area contributed by atoms with Crippen molar-refractivity contribution in [2.24, 2.45) is 5.41 Å². The van der Waals surface area contributed by atoms with Crippen molar-refractivity contribution in [3.63, 3.8) is 0 Å². The molecule has 120 valence electrons. The molecule has 1 atom stereocenters. The topological polar surface area (TPSA) is 62.6 Å². The largest absolute Gasteiger partial charge is 0.467 e. The van der Waals surface area contributed by atoms with E-state index in [4.69, 9.17) is 4.42 Å². The molecule has 2 heterocycles. The molecule has 1 saturated carbocycles. The zero-order valence-corrected chi connectivity index (χ0v) is 13.1. The van der Waals surface area contributed by atoms with Crippen LogP contribution >= 0.6 is 0 Å². The SMILES string of the molecule is CCC1CCCCN1C(=O)C1(C(=O)NCc2ccco2)CC1. The fourth-order valence-corrected chi connectivity index (χ4v) is 3.38. The van der Waals surface area contributed by atoms with E-state index in [-0.39, 0.29) is 11.8 Å². The highest BCUT2D eigenvalue weighted by atomic mass is 16.3. The van der Waals surface area contributed by atoms with E-state index in [2.05, 4.69) is 12.2 Å². The Morgan fingerprint density at radius 2 is 2.23 bits per heavy atom. The molecule has 0 radical (unpaired) electrons. The van der Waals surface area contributed by atoms with E-state index in [1.807, 2.05) is 11.0 Å². The number of likely N-dealkylation sites (tertiary alicyclic amines) is 1. The monoisotopic (exact) mass is 304 g/mol. The summed E-state index contributed by atoms with van der Waals surface area (Å²) < 4.78 is 5.22. The highest BCUT2D eigenvalue weighted by Crippen LogP contribution is 2.48. The first-order chi connectivity index (χ1) is 10.7. The van der Waals surface area contributed by atoms with Crippen LogP contribution < -0.4 is 5.32 Å². The minimum Gasteiger partial charge on any atom is -0.467 e. The highest BCUT2D eigenvalue weighted by molar-refractivity contribution is 6.07. The maximum Gasteiger partial charge on any atom is 0.238 e. The van der Waals surface area contributed by atoms with Crippen LogP contribution in [0.15, 0.2) is 22.8 Å². The van der Waals surface area contributed by atoms with Crippen LogP contribution in [0.4, 0.5) is 0 Å². The normalized spacial score (nSPS) is 23.1. The van der Waals surface area contributed by atoms with E-state index in [1.165, 1.54) is 6.42 Å². The fourth-order valence-electron chi connectivity index (χ4n) is 3.38. The number of hydrogen-bond donors (Lipinski definition) is 1. The molecule has 0 spiro atoms. The number of furan rings is 1. The Morgan fingerprint density at radius 1 is 1.41 bits per heavy atom. The minimum atomic E-state index is -0.808. The van der Waals surface area contributed by atoms with E-state index < -0.39 is 5.41 Å². The average Bonchev–Trinajstić information content (AvgIpc) is 3.21. The van der Waals surface area contributed by atoms with Gasteiger partial charge in [0.25, 0.3) is 0 Å². The standard InChI is InChI=1S/C17H24N2O3/c1-2-13-6-3-4-10-19(13)16(21)17(8-9-17)15(20)18-12-14-7-5-11-22-14/h5,7,11,13H,2-4,6,8-10,12H2,1H3,(H,18,20). The summed E-state index contributed by atoms with van der Waals surface area (Å²) in [5.41, 5.74) is -0.808. The molecular weight excluding hydrogens is 280 g/mol. The van der Waals surface area contributed by atoms with Crippen molar-refractivity contribution in [1.29, 1.82) is 0 Å². The number of amides is 2. The molecule has 1 saturated heterocycles. The summed E-state index contributed by atoms with van der Waals surface area (Å²) in [5, 5.41) is 2.86. The van der Waals surface area contributed by atoms with Gasteiger partial charge in [-0.05, 0) is 50.7 Å². The summed E-state index contributed by atoms with van der Waals surface area (Å²) in [6.45, 7) is 3.26. The van der Waals surface area contributed by atoms with Crippen LogP contribution in [0.1, 0.15) is 51.2 Å². The van der Waals surface area contributed by atoms with Gasteiger partial charge < -0.3 is 14.6 Å². The third-order valence-electron chi connectivity index (χ3n) is 4.96. The van der Waals surface area contributed by atoms with Crippen LogP contribution in [-0.4, -0.2) is 29.3 Å². The van der Waals surface area contributed by atoms with Gasteiger partial charge in [0.1, 0.15) is 11.2 Å². The summed E-state index contributed by atoms with van der Waals surface area (Å²) >= 11 is 0. The van der Waals surface area contributed by atoms with Crippen LogP contribution in [0.25, 0.3) is 0 Å². The van der Waals surface area contributed by atoms with Crippen molar-refractivity contribution >= 4 is 11.8 Å². The lowest BCUT2D eigenvalue weighted by molar-refractivity contribution is -0.147. The van der Waals surface area contributed by atoms with Gasteiger partial charge in [-0.15, -0.1) is 0 Å². The maximum atomic E-state index is 12.9. The Kier molecular flexibility index (Phi) is 4.23. The van der Waals surface area contributed by atoms with E-state index >= 15 is 0 Å². The van der Waals surface area contributed by atoms with Gasteiger partial charge in [-0.2, -0.15) is 0 Å². The third kappa shape index (κ3) is 2.76. The summed E-state index contributed by atoms with van der Waals surface area (Å²) in [7, 11) is 0. The molecule has 1 aliphatic carbocycles. The van der Waals surface area contributed by atoms with E-state index in [0.29, 0.717) is 31.2 Å². The number of carbonyl (C=O) groups is 2. The maximum absolute atomic E-state index is 12.9. The predicted octanol–water partition coefficient (Wildman–Crippen LogP) is 2.47. The molecule has 22 heavy (non-hydrogen) atoms. The van der Waals surface area contributed by atoms with Gasteiger partial charge in [-0.1, -0.05) is 6.92 Å². The molecular formula is C17H24N2O3. The van der Waals surface area contributed by atoms with Crippen LogP contribution in [-0.2, 0) is 16.1 Å². The minimum absolute atomic E-state index is 0.0380. The Balaban J connectivity index is 1.64. The predicted molar refractivity (Wildman–Crippen MR) is 81.9 cm³/mol. The van der Waals surface area contributed by atoms with Crippen LogP contribution in [0.2, 0.25) is 0 Å². The van der Waals surface area contributed by atoms with Crippen molar-refractivity contribution < 1.29 is 14.0 Å². The second kappa shape index (κ2) is 6.15. The summed E-state index contributed by atoms with van der Waals surface area (Å²) in [5.74, 6) is 0.603. The number of rotatable bonds is 5. The van der Waals surface area contributed by atoms with Crippen molar-refractivity contribution in [3.8, 4) is 0 Å². The Morgan fingerprint density at radius 3 is 2.86 bits per heavy atom. The molecule has 1 unspecified atom stereocenters. The van der Waals surface area contributed by atoms with Crippen LogP contribution in [0.5, 0.6) is 0 Å². The molecule has 1 aliphatic heterocycles. The summed E-state index contributed by atoms with van der Waals surface area (Å²) in [6, 6.07) is 3.91. The van der Waals surface area contributed by atoms with E-state index in [9.17, 15) is 9.59 Å². The number of piperidine rings is 1. The molecule has 1 aromatic heterocycles. The quantitative estimate of drug-likeness (QED) is 0.850. The Hall–Kier alpha value is -1.78. The van der Waals surface area contributed by atoms with Crippen LogP contribution in [0, 0.1) is 5.41 Å². The van der Waals surface area contributed by atoms with E-state index in [0.717, 1.165) is 25.8 Å². The lowest BCUT2D eigenvalue weighted by atomic mass is 9.95. The van der Waals surface area contributed by atoms with Crippen LogP contribution in [0.3, 0.4) is 0 Å². The van der Waals surface area contributed by atoms with Gasteiger partial charge in [0.15, 0.2) is 0 Å². The molecule has 1 N–H and O–H groups in total. The summed E-state index contributed by atoms with van der Waals surface area (Å²) in [4.78, 5) is 27.4. The number of hydrogen-bond acceptors (Lipinski definition) is 3. The van der Waals surface area contributed by atoms with Crippen molar-refractivity contribution in [1.82, 2.24) is 10.2 Å². The smallest absolute Gasteiger partial charge is 0.238 e. The third-order valence-corrected chi connectivity index (χ3v) is 4.96. The lowest BCUT2D eigenvalue weighted by Gasteiger charge is -2.37. The molecule has 0 bridgehead atoms. The summed E-state index contributed by atoms with van der Waals surface area (Å²) in [6.07, 6.45) is 7.18. The first kappa shape index (κ1) is 15.1. The molecule has 2 amide bonds. The second-order valence-electron chi connectivity index (χ2n) is 6.40. The molecule has 0 aromatic carbocycles. The molecule has 5 nitrogen and oxygen atoms in total. The van der Waals surface area contributed by atoms with Gasteiger partial charge in [0, 0.05) is 12.6 Å². The fraction of sp³-hybridized carbons (Fsp3) is 0.647. The van der Waals surface area contributed by atoms with Crippen molar-refractivity contribution in [3.05, 3.63) is 24.2 Å². The van der Waals surface area contributed by atoms with Gasteiger partial charge in [-0.3, -0.25) is 9.59 Å². The number of nitrogens with one attached hydrogen (secondary N) is 1. The van der Waals surface area contributed by atoms with Gasteiger partial charge >= 0.3 is 0 Å². The lowest BCUT2D eigenvalue weighted by Crippen LogP contribution is -2.50. The van der Waals surface area contributed by atoms with Gasteiger partial charge in [-0.25, -0.2) is 0 Å². The van der Waals surface area contributed by atoms with Gasteiger partial charge in [0.2, 0.25) is 11.8 Å². The molecule has 5 heteroatoms. The van der Waals surface area contributed by atoms with Gasteiger partial charge in [0.05, 0.1) is 12.8 Å². The molecule has 3 rings (SSSR count). The van der Waals surface area contributed by atoms with E-state index in [1.54, 1.807) is 12.3 Å². The number of carbonyl (C=O) groups excluding carboxylic acids is 2. The average molecular weight is 304 g/mol. The molecule has 2 fully saturated rings. The zero-order valence-electron chi connectivity index (χ0n) is 13.1. The van der Waals surface area contributed by atoms with Crippen molar-refractivity contribution in [2.75, 3.05) is 6.54 Å². The molecule has 1 aromatic rings. The first-order valence-electron chi connectivity index (χ1n) is 8.29. The zero-order chi connectivity index (χ0) is 15.6. The van der Waals surface area contributed by atoms with Crippen molar-refractivity contribution in [2.45, 2.75) is 58.0 Å². The number of nitrogens with zero attached hydrogens (tertiary/aromatic N) is 1.